The Balaban J connectivity index is 2.74. The Kier molecular flexibility index (Phi) is 3.84. The maximum absolute atomic E-state index is 13.4. The van der Waals surface area contributed by atoms with Crippen LogP contribution in [0, 0.1) is 0 Å². The highest BCUT2D eigenvalue weighted by molar-refractivity contribution is 6.02. The summed E-state index contributed by atoms with van der Waals surface area (Å²) in [6.45, 7) is 1.55. The first-order valence-electron chi connectivity index (χ1n) is 6.18. The topological polar surface area (TPSA) is 43.6 Å². The number of alkyl halides is 5. The van der Waals surface area contributed by atoms with Gasteiger partial charge in [0.15, 0.2) is 5.78 Å². The second-order valence-electron chi connectivity index (χ2n) is 4.46. The predicted octanol–water partition coefficient (Wildman–Crippen LogP) is 3.59. The normalized spacial score (nSPS) is 12.7. The van der Waals surface area contributed by atoms with Crippen LogP contribution in [-0.2, 0) is 5.92 Å². The highest BCUT2D eigenvalue weighted by Crippen LogP contribution is 2.43. The lowest BCUT2D eigenvalue weighted by Gasteiger charge is -2.16. The molecule has 9 heteroatoms. The molecule has 0 radical (unpaired) electrons. The van der Waals surface area contributed by atoms with Crippen LogP contribution in [0.25, 0.3) is 5.52 Å². The third-order valence-electron chi connectivity index (χ3n) is 3.10. The van der Waals surface area contributed by atoms with Crippen molar-refractivity contribution in [3.05, 3.63) is 29.5 Å². The van der Waals surface area contributed by atoms with Crippen molar-refractivity contribution < 1.29 is 31.5 Å². The molecule has 0 amide bonds. The van der Waals surface area contributed by atoms with Gasteiger partial charge in [-0.15, -0.1) is 0 Å². The number of pyridine rings is 1. The van der Waals surface area contributed by atoms with Crippen molar-refractivity contribution >= 4 is 11.3 Å². The predicted molar refractivity (Wildman–Crippen MR) is 66.3 cm³/mol. The molecule has 2 aromatic heterocycles. The van der Waals surface area contributed by atoms with Gasteiger partial charge in [0.25, 0.3) is 0 Å². The third kappa shape index (κ3) is 2.40. The number of carbonyl (C=O) groups excluding carboxylic acids is 1. The Labute approximate surface area is 121 Å². The van der Waals surface area contributed by atoms with Crippen molar-refractivity contribution in [1.29, 1.82) is 0 Å². The molecular formula is C13H11F5N2O2. The van der Waals surface area contributed by atoms with Crippen LogP contribution in [0.15, 0.2) is 18.2 Å². The van der Waals surface area contributed by atoms with Gasteiger partial charge in [-0.3, -0.25) is 4.79 Å². The molecule has 22 heavy (non-hydrogen) atoms. The van der Waals surface area contributed by atoms with Crippen molar-refractivity contribution in [3.8, 4) is 5.88 Å². The molecule has 2 heterocycles. The average Bonchev–Trinajstić information content (AvgIpc) is 2.89. The minimum absolute atomic E-state index is 0.0000227. The van der Waals surface area contributed by atoms with Crippen LogP contribution >= 0.6 is 0 Å². The summed E-state index contributed by atoms with van der Waals surface area (Å²) in [5.41, 5.74) is -1.65. The summed E-state index contributed by atoms with van der Waals surface area (Å²) in [4.78, 5) is 11.8. The van der Waals surface area contributed by atoms with Crippen molar-refractivity contribution in [1.82, 2.24) is 9.61 Å². The zero-order valence-corrected chi connectivity index (χ0v) is 11.5. The summed E-state index contributed by atoms with van der Waals surface area (Å²) < 4.78 is 69.9. The van der Waals surface area contributed by atoms with E-state index in [0.717, 1.165) is 4.52 Å². The van der Waals surface area contributed by atoms with Crippen LogP contribution in [0.4, 0.5) is 22.0 Å². The highest BCUT2D eigenvalue weighted by Gasteiger charge is 2.60. The number of hydrogen-bond donors (Lipinski definition) is 0. The molecule has 0 atom stereocenters. The quantitative estimate of drug-likeness (QED) is 0.638. The summed E-state index contributed by atoms with van der Waals surface area (Å²) in [6.07, 6.45) is -5.72. The van der Waals surface area contributed by atoms with Gasteiger partial charge in [-0.2, -0.15) is 31.6 Å². The number of ether oxygens (including phenoxy) is 1. The van der Waals surface area contributed by atoms with Crippen LogP contribution < -0.4 is 4.74 Å². The Bertz CT molecular complexity index is 721. The second kappa shape index (κ2) is 5.22. The van der Waals surface area contributed by atoms with Crippen LogP contribution in [-0.4, -0.2) is 28.7 Å². The molecule has 120 valence electrons. The molecule has 0 aliphatic rings. The molecule has 0 saturated carbocycles. The first-order valence-corrected chi connectivity index (χ1v) is 6.18. The van der Waals surface area contributed by atoms with Gasteiger partial charge in [-0.1, -0.05) is 6.92 Å². The van der Waals surface area contributed by atoms with Gasteiger partial charge in [-0.25, -0.2) is 0 Å². The number of methoxy groups -OCH3 is 1. The average molecular weight is 322 g/mol. The fraction of sp³-hybridized carbons (Fsp3) is 0.385. The van der Waals surface area contributed by atoms with E-state index in [1.807, 2.05) is 0 Å². The van der Waals surface area contributed by atoms with E-state index in [9.17, 15) is 26.7 Å². The minimum atomic E-state index is -5.78. The standard InChI is InChI=1S/C13H11F5N2O2/c1-3-9(21)7-4-5-11(22-2)20-8(7)6-10(19-20)12(14,15)13(16,17)18/h4-6H,3H2,1-2H3. The molecule has 0 aliphatic heterocycles. The van der Waals surface area contributed by atoms with Gasteiger partial charge in [0, 0.05) is 18.1 Å². The van der Waals surface area contributed by atoms with Crippen LogP contribution in [0.1, 0.15) is 29.4 Å². The summed E-state index contributed by atoms with van der Waals surface area (Å²) in [6, 6.07) is 3.13. The van der Waals surface area contributed by atoms with E-state index in [0.29, 0.717) is 6.07 Å². The lowest BCUT2D eigenvalue weighted by Crippen LogP contribution is -2.34. The van der Waals surface area contributed by atoms with Crippen LogP contribution in [0.5, 0.6) is 5.88 Å². The molecule has 0 aliphatic carbocycles. The second-order valence-corrected chi connectivity index (χ2v) is 4.46. The summed E-state index contributed by atoms with van der Waals surface area (Å²) >= 11 is 0. The van der Waals surface area contributed by atoms with Crippen molar-refractivity contribution in [3.63, 3.8) is 0 Å². The maximum atomic E-state index is 13.4. The SMILES string of the molecule is CCC(=O)c1ccc(OC)n2nc(C(F)(F)C(F)(F)F)cc12. The molecule has 4 nitrogen and oxygen atoms in total. The number of Topliss-reactive ketones (excluding diaryl/α,β-unsaturated/α-hetero) is 1. The summed E-state index contributed by atoms with van der Waals surface area (Å²) in [5, 5.41) is 3.27. The fourth-order valence-electron chi connectivity index (χ4n) is 1.93. The van der Waals surface area contributed by atoms with E-state index in [1.165, 1.54) is 19.2 Å². The molecule has 2 aromatic rings. The Hall–Kier alpha value is -2.19. The molecule has 0 fully saturated rings. The Morgan fingerprint density at radius 2 is 1.91 bits per heavy atom. The molecule has 2 rings (SSSR count). The van der Waals surface area contributed by atoms with Crippen molar-refractivity contribution in [2.75, 3.05) is 7.11 Å². The summed E-state index contributed by atoms with van der Waals surface area (Å²) in [7, 11) is 1.21. The molecular weight excluding hydrogens is 311 g/mol. The number of carbonyl (C=O) groups is 1. The van der Waals surface area contributed by atoms with Gasteiger partial charge in [0.05, 0.1) is 12.6 Å². The van der Waals surface area contributed by atoms with E-state index in [1.54, 1.807) is 6.92 Å². The number of ketones is 1. The van der Waals surface area contributed by atoms with Crippen LogP contribution in [0.2, 0.25) is 0 Å². The number of hydrogen-bond acceptors (Lipinski definition) is 3. The molecule has 0 unspecified atom stereocenters. The number of rotatable bonds is 4. The number of halogens is 5. The lowest BCUT2D eigenvalue weighted by molar-refractivity contribution is -0.291. The highest BCUT2D eigenvalue weighted by atomic mass is 19.4. The summed E-state index contributed by atoms with van der Waals surface area (Å²) in [5.74, 6) is -5.60. The Morgan fingerprint density at radius 3 is 2.41 bits per heavy atom. The maximum Gasteiger partial charge on any atom is 0.459 e. The van der Waals surface area contributed by atoms with E-state index in [-0.39, 0.29) is 23.4 Å². The molecule has 0 saturated heterocycles. The molecule has 0 aromatic carbocycles. The van der Waals surface area contributed by atoms with Gasteiger partial charge >= 0.3 is 12.1 Å². The fourth-order valence-corrected chi connectivity index (χ4v) is 1.93. The zero-order valence-electron chi connectivity index (χ0n) is 11.5. The van der Waals surface area contributed by atoms with E-state index in [4.69, 9.17) is 4.74 Å². The van der Waals surface area contributed by atoms with Gasteiger partial charge < -0.3 is 4.74 Å². The van der Waals surface area contributed by atoms with Gasteiger partial charge in [0.1, 0.15) is 5.69 Å². The van der Waals surface area contributed by atoms with E-state index < -0.39 is 23.6 Å². The largest absolute Gasteiger partial charge is 0.481 e. The number of nitrogens with zero attached hydrogens (tertiary/aromatic N) is 2. The molecule has 0 spiro atoms. The first kappa shape index (κ1) is 16.2. The lowest BCUT2D eigenvalue weighted by atomic mass is 10.1. The van der Waals surface area contributed by atoms with E-state index in [2.05, 4.69) is 5.10 Å². The minimum Gasteiger partial charge on any atom is -0.481 e. The number of aromatic nitrogens is 2. The zero-order chi connectivity index (χ0) is 16.7. The Morgan fingerprint density at radius 1 is 1.27 bits per heavy atom. The van der Waals surface area contributed by atoms with E-state index >= 15 is 0 Å². The van der Waals surface area contributed by atoms with Crippen molar-refractivity contribution in [2.45, 2.75) is 25.4 Å². The number of fused-ring (bicyclic) bond motifs is 1. The molecule has 0 N–H and O–H groups in total. The monoisotopic (exact) mass is 322 g/mol. The van der Waals surface area contributed by atoms with Crippen molar-refractivity contribution in [2.24, 2.45) is 0 Å². The first-order chi connectivity index (χ1) is 10.1. The van der Waals surface area contributed by atoms with Gasteiger partial charge in [0.2, 0.25) is 5.88 Å². The van der Waals surface area contributed by atoms with Crippen LogP contribution in [0.3, 0.4) is 0 Å². The third-order valence-corrected chi connectivity index (χ3v) is 3.10. The smallest absolute Gasteiger partial charge is 0.459 e. The van der Waals surface area contributed by atoms with Gasteiger partial charge in [-0.05, 0) is 12.1 Å². The molecule has 0 bridgehead atoms.